The van der Waals surface area contributed by atoms with Crippen LogP contribution in [0.25, 0.3) is 0 Å². The van der Waals surface area contributed by atoms with Crippen LogP contribution in [0.4, 0.5) is 0 Å². The SMILES string of the molecule is CCNC1CCC(C)CC1N(C)Cc1ccccc1OC. The number of ether oxygens (including phenoxy) is 1. The molecule has 0 aromatic heterocycles. The quantitative estimate of drug-likeness (QED) is 0.870. The van der Waals surface area contributed by atoms with E-state index in [1.165, 1.54) is 24.8 Å². The third-order valence-corrected chi connectivity index (χ3v) is 4.72. The van der Waals surface area contributed by atoms with Gasteiger partial charge in [-0.2, -0.15) is 0 Å². The van der Waals surface area contributed by atoms with Crippen LogP contribution in [0.5, 0.6) is 5.75 Å². The van der Waals surface area contributed by atoms with E-state index in [1.807, 2.05) is 6.07 Å². The number of methoxy groups -OCH3 is 1. The summed E-state index contributed by atoms with van der Waals surface area (Å²) in [6, 6.07) is 9.58. The molecule has 3 nitrogen and oxygen atoms in total. The number of nitrogens with zero attached hydrogens (tertiary/aromatic N) is 1. The van der Waals surface area contributed by atoms with E-state index in [0.717, 1.165) is 24.8 Å². The molecule has 1 aliphatic rings. The zero-order valence-electron chi connectivity index (χ0n) is 13.9. The highest BCUT2D eigenvalue weighted by Crippen LogP contribution is 2.29. The molecule has 118 valence electrons. The van der Waals surface area contributed by atoms with Crippen molar-refractivity contribution in [3.8, 4) is 5.75 Å². The van der Waals surface area contributed by atoms with Crippen molar-refractivity contribution in [2.24, 2.45) is 5.92 Å². The summed E-state index contributed by atoms with van der Waals surface area (Å²) in [5.74, 6) is 1.82. The molecule has 3 unspecified atom stereocenters. The van der Waals surface area contributed by atoms with Crippen molar-refractivity contribution in [3.05, 3.63) is 29.8 Å². The van der Waals surface area contributed by atoms with Crippen molar-refractivity contribution in [1.29, 1.82) is 0 Å². The van der Waals surface area contributed by atoms with Gasteiger partial charge in [0.05, 0.1) is 7.11 Å². The molecular weight excluding hydrogens is 260 g/mol. The third-order valence-electron chi connectivity index (χ3n) is 4.72. The van der Waals surface area contributed by atoms with E-state index in [2.05, 4.69) is 49.3 Å². The van der Waals surface area contributed by atoms with Crippen LogP contribution in [0.1, 0.15) is 38.7 Å². The van der Waals surface area contributed by atoms with Gasteiger partial charge < -0.3 is 10.1 Å². The van der Waals surface area contributed by atoms with Crippen molar-refractivity contribution in [2.45, 2.75) is 51.7 Å². The fourth-order valence-corrected chi connectivity index (χ4v) is 3.56. The molecular formula is C18H30N2O. The van der Waals surface area contributed by atoms with Gasteiger partial charge in [0.1, 0.15) is 5.75 Å². The highest BCUT2D eigenvalue weighted by atomic mass is 16.5. The number of nitrogens with one attached hydrogen (secondary N) is 1. The predicted octanol–water partition coefficient (Wildman–Crippen LogP) is 3.29. The first-order chi connectivity index (χ1) is 10.2. The average molecular weight is 290 g/mol. The molecule has 0 radical (unpaired) electrons. The smallest absolute Gasteiger partial charge is 0.123 e. The molecule has 0 amide bonds. The Hall–Kier alpha value is -1.06. The molecule has 1 aromatic rings. The van der Waals surface area contributed by atoms with Crippen LogP contribution in [-0.4, -0.2) is 37.7 Å². The second-order valence-electron chi connectivity index (χ2n) is 6.38. The van der Waals surface area contributed by atoms with Crippen molar-refractivity contribution < 1.29 is 4.74 Å². The van der Waals surface area contributed by atoms with Crippen LogP contribution >= 0.6 is 0 Å². The summed E-state index contributed by atoms with van der Waals surface area (Å²) in [7, 11) is 4.00. The van der Waals surface area contributed by atoms with E-state index in [0.29, 0.717) is 12.1 Å². The first kappa shape index (κ1) is 16.3. The number of benzene rings is 1. The van der Waals surface area contributed by atoms with E-state index in [-0.39, 0.29) is 0 Å². The lowest BCUT2D eigenvalue weighted by molar-refractivity contribution is 0.119. The summed E-state index contributed by atoms with van der Waals surface area (Å²) in [4.78, 5) is 2.50. The minimum Gasteiger partial charge on any atom is -0.496 e. The van der Waals surface area contributed by atoms with E-state index < -0.39 is 0 Å². The van der Waals surface area contributed by atoms with Gasteiger partial charge >= 0.3 is 0 Å². The van der Waals surface area contributed by atoms with Crippen molar-refractivity contribution in [2.75, 3.05) is 20.7 Å². The maximum atomic E-state index is 5.49. The summed E-state index contributed by atoms with van der Waals surface area (Å²) in [6.07, 6.45) is 3.91. The second kappa shape index (κ2) is 7.81. The molecule has 1 fully saturated rings. The summed E-state index contributed by atoms with van der Waals surface area (Å²) in [6.45, 7) is 6.59. The van der Waals surface area contributed by atoms with Gasteiger partial charge in [-0.1, -0.05) is 32.0 Å². The van der Waals surface area contributed by atoms with Gasteiger partial charge in [0.15, 0.2) is 0 Å². The van der Waals surface area contributed by atoms with Gasteiger partial charge in [0, 0.05) is 24.2 Å². The molecule has 0 heterocycles. The van der Waals surface area contributed by atoms with Crippen LogP contribution in [0.3, 0.4) is 0 Å². The Morgan fingerprint density at radius 1 is 1.29 bits per heavy atom. The molecule has 21 heavy (non-hydrogen) atoms. The van der Waals surface area contributed by atoms with Gasteiger partial charge in [-0.15, -0.1) is 0 Å². The molecule has 0 spiro atoms. The second-order valence-corrected chi connectivity index (χ2v) is 6.38. The van der Waals surface area contributed by atoms with Gasteiger partial charge in [0.25, 0.3) is 0 Å². The molecule has 2 rings (SSSR count). The lowest BCUT2D eigenvalue weighted by Crippen LogP contribution is -2.51. The molecule has 0 saturated heterocycles. The minimum atomic E-state index is 0.610. The Kier molecular flexibility index (Phi) is 6.07. The average Bonchev–Trinajstić information content (AvgIpc) is 2.49. The Labute approximate surface area is 129 Å². The van der Waals surface area contributed by atoms with Crippen molar-refractivity contribution >= 4 is 0 Å². The topological polar surface area (TPSA) is 24.5 Å². The number of likely N-dealkylation sites (N-methyl/N-ethyl adjacent to an activating group) is 2. The molecule has 0 bridgehead atoms. The largest absolute Gasteiger partial charge is 0.496 e. The summed E-state index contributed by atoms with van der Waals surface area (Å²) in [5, 5.41) is 3.68. The molecule has 3 atom stereocenters. The Morgan fingerprint density at radius 2 is 2.05 bits per heavy atom. The summed E-state index contributed by atoms with van der Waals surface area (Å²) >= 11 is 0. The predicted molar refractivity (Wildman–Crippen MR) is 88.7 cm³/mol. The first-order valence-corrected chi connectivity index (χ1v) is 8.21. The van der Waals surface area contributed by atoms with Crippen molar-refractivity contribution in [3.63, 3.8) is 0 Å². The van der Waals surface area contributed by atoms with E-state index in [1.54, 1.807) is 7.11 Å². The first-order valence-electron chi connectivity index (χ1n) is 8.21. The van der Waals surface area contributed by atoms with Crippen LogP contribution in [0, 0.1) is 5.92 Å². The van der Waals surface area contributed by atoms with Crippen LogP contribution < -0.4 is 10.1 Å². The number of para-hydroxylation sites is 1. The lowest BCUT2D eigenvalue weighted by Gasteiger charge is -2.41. The lowest BCUT2D eigenvalue weighted by atomic mass is 9.82. The van der Waals surface area contributed by atoms with E-state index in [9.17, 15) is 0 Å². The fraction of sp³-hybridized carbons (Fsp3) is 0.667. The Bertz CT molecular complexity index is 435. The molecule has 1 aliphatic carbocycles. The standard InChI is InChI=1S/C18H30N2O/c1-5-19-16-11-10-14(2)12-17(16)20(3)13-15-8-6-7-9-18(15)21-4/h6-9,14,16-17,19H,5,10-13H2,1-4H3. The molecule has 3 heteroatoms. The highest BCUT2D eigenvalue weighted by molar-refractivity contribution is 5.33. The summed E-state index contributed by atoms with van der Waals surface area (Å²) in [5.41, 5.74) is 1.27. The van der Waals surface area contributed by atoms with Gasteiger partial charge in [-0.25, -0.2) is 0 Å². The normalized spacial score (nSPS) is 26.0. The monoisotopic (exact) mass is 290 g/mol. The third kappa shape index (κ3) is 4.21. The molecule has 1 aromatic carbocycles. The van der Waals surface area contributed by atoms with Gasteiger partial charge in [-0.3, -0.25) is 4.90 Å². The van der Waals surface area contributed by atoms with Crippen LogP contribution in [0.2, 0.25) is 0 Å². The minimum absolute atomic E-state index is 0.610. The Balaban J connectivity index is 2.07. The summed E-state index contributed by atoms with van der Waals surface area (Å²) < 4.78 is 5.49. The Morgan fingerprint density at radius 3 is 2.76 bits per heavy atom. The zero-order valence-corrected chi connectivity index (χ0v) is 13.9. The maximum Gasteiger partial charge on any atom is 0.123 e. The van der Waals surface area contributed by atoms with Crippen LogP contribution in [0.15, 0.2) is 24.3 Å². The number of hydrogen-bond donors (Lipinski definition) is 1. The van der Waals surface area contributed by atoms with E-state index in [4.69, 9.17) is 4.74 Å². The van der Waals surface area contributed by atoms with Gasteiger partial charge in [-0.05, 0) is 44.8 Å². The zero-order chi connectivity index (χ0) is 15.2. The fourth-order valence-electron chi connectivity index (χ4n) is 3.56. The van der Waals surface area contributed by atoms with Gasteiger partial charge in [0.2, 0.25) is 0 Å². The van der Waals surface area contributed by atoms with Crippen LogP contribution in [-0.2, 0) is 6.54 Å². The number of rotatable bonds is 6. The molecule has 0 aliphatic heterocycles. The maximum absolute atomic E-state index is 5.49. The number of hydrogen-bond acceptors (Lipinski definition) is 3. The molecule has 1 saturated carbocycles. The highest BCUT2D eigenvalue weighted by Gasteiger charge is 2.31. The van der Waals surface area contributed by atoms with E-state index >= 15 is 0 Å². The van der Waals surface area contributed by atoms with Crippen molar-refractivity contribution in [1.82, 2.24) is 10.2 Å². The molecule has 1 N–H and O–H groups in total.